The number of halogens is 2. The molecule has 0 bridgehead atoms. The van der Waals surface area contributed by atoms with Gasteiger partial charge in [-0.25, -0.2) is 17.5 Å². The van der Waals surface area contributed by atoms with E-state index in [0.29, 0.717) is 6.54 Å². The van der Waals surface area contributed by atoms with E-state index >= 15 is 0 Å². The third-order valence-corrected chi connectivity index (χ3v) is 3.46. The Kier molecular flexibility index (Phi) is 7.29. The van der Waals surface area contributed by atoms with Crippen LogP contribution in [-0.2, 0) is 10.0 Å². The second-order valence-electron chi connectivity index (χ2n) is 3.18. The lowest BCUT2D eigenvalue weighted by molar-refractivity contribution is 0.554. The van der Waals surface area contributed by atoms with Crippen LogP contribution in [0.3, 0.4) is 0 Å². The molecule has 0 aliphatic carbocycles. The molecule has 4 nitrogen and oxygen atoms in total. The second kappa shape index (κ2) is 7.60. The van der Waals surface area contributed by atoms with Crippen LogP contribution >= 0.6 is 12.4 Å². The van der Waals surface area contributed by atoms with Crippen molar-refractivity contribution in [2.45, 2.75) is 11.8 Å². The summed E-state index contributed by atoms with van der Waals surface area (Å²) in [5.41, 5.74) is 0. The van der Waals surface area contributed by atoms with Crippen molar-refractivity contribution >= 4 is 22.4 Å². The number of sulfonamides is 1. The molecule has 0 radical (unpaired) electrons. The highest BCUT2D eigenvalue weighted by molar-refractivity contribution is 7.89. The number of hydrogen-bond donors (Lipinski definition) is 2. The van der Waals surface area contributed by atoms with E-state index in [9.17, 15) is 12.8 Å². The molecule has 17 heavy (non-hydrogen) atoms. The monoisotopic (exact) mass is 282 g/mol. The van der Waals surface area contributed by atoms with Crippen molar-refractivity contribution < 1.29 is 12.8 Å². The number of rotatable bonds is 6. The largest absolute Gasteiger partial charge is 0.316 e. The molecule has 1 aromatic rings. The van der Waals surface area contributed by atoms with Gasteiger partial charge in [0.15, 0.2) is 0 Å². The Morgan fingerprint density at radius 2 is 1.88 bits per heavy atom. The zero-order valence-corrected chi connectivity index (χ0v) is 11.1. The summed E-state index contributed by atoms with van der Waals surface area (Å²) in [6.45, 7) is 3.45. The third kappa shape index (κ3) is 4.99. The molecule has 1 aromatic carbocycles. The molecule has 0 saturated heterocycles. The second-order valence-corrected chi connectivity index (χ2v) is 4.92. The van der Waals surface area contributed by atoms with Gasteiger partial charge in [0.2, 0.25) is 10.0 Å². The van der Waals surface area contributed by atoms with Crippen LogP contribution in [0.2, 0.25) is 0 Å². The van der Waals surface area contributed by atoms with E-state index in [0.717, 1.165) is 12.6 Å². The molecule has 0 aromatic heterocycles. The lowest BCUT2D eigenvalue weighted by Crippen LogP contribution is -2.32. The van der Waals surface area contributed by atoms with Gasteiger partial charge >= 0.3 is 0 Å². The highest BCUT2D eigenvalue weighted by Crippen LogP contribution is 2.12. The van der Waals surface area contributed by atoms with Crippen molar-refractivity contribution in [2.75, 3.05) is 19.6 Å². The van der Waals surface area contributed by atoms with E-state index in [-0.39, 0.29) is 23.8 Å². The molecule has 0 aliphatic rings. The first-order valence-electron chi connectivity index (χ1n) is 5.03. The molecule has 0 unspecified atom stereocenters. The topological polar surface area (TPSA) is 58.2 Å². The van der Waals surface area contributed by atoms with E-state index in [1.807, 2.05) is 6.92 Å². The van der Waals surface area contributed by atoms with Gasteiger partial charge < -0.3 is 5.32 Å². The first kappa shape index (κ1) is 16.3. The van der Waals surface area contributed by atoms with Crippen LogP contribution < -0.4 is 10.0 Å². The summed E-state index contributed by atoms with van der Waals surface area (Å²) in [6.07, 6.45) is 0. The van der Waals surface area contributed by atoms with Crippen LogP contribution in [-0.4, -0.2) is 28.1 Å². The maximum atomic E-state index is 13.2. The van der Waals surface area contributed by atoms with E-state index in [1.165, 1.54) is 18.2 Å². The van der Waals surface area contributed by atoms with Gasteiger partial charge in [-0.2, -0.15) is 0 Å². The van der Waals surface area contributed by atoms with Crippen LogP contribution in [0.1, 0.15) is 6.92 Å². The van der Waals surface area contributed by atoms with E-state index in [1.54, 1.807) is 0 Å². The van der Waals surface area contributed by atoms with Crippen molar-refractivity contribution in [2.24, 2.45) is 0 Å². The Hall–Kier alpha value is -0.690. The van der Waals surface area contributed by atoms with Gasteiger partial charge in [0.25, 0.3) is 0 Å². The number of likely N-dealkylation sites (N-methyl/N-ethyl adjacent to an activating group) is 1. The predicted octanol–water partition coefficient (Wildman–Crippen LogP) is 1.14. The molecule has 0 saturated carbocycles. The van der Waals surface area contributed by atoms with Crippen LogP contribution in [0.5, 0.6) is 0 Å². The van der Waals surface area contributed by atoms with Crippen LogP contribution in [0.25, 0.3) is 0 Å². The van der Waals surface area contributed by atoms with Gasteiger partial charge in [0.05, 0.1) is 0 Å². The van der Waals surface area contributed by atoms with E-state index in [4.69, 9.17) is 0 Å². The highest BCUT2D eigenvalue weighted by atomic mass is 35.5. The number of nitrogens with one attached hydrogen (secondary N) is 2. The molecule has 0 heterocycles. The number of benzene rings is 1. The molecule has 0 fully saturated rings. The summed E-state index contributed by atoms with van der Waals surface area (Å²) in [5.74, 6) is -0.738. The first-order valence-corrected chi connectivity index (χ1v) is 6.51. The summed E-state index contributed by atoms with van der Waals surface area (Å²) >= 11 is 0. The molecule has 98 valence electrons. The van der Waals surface area contributed by atoms with Crippen molar-refractivity contribution in [3.05, 3.63) is 30.1 Å². The number of hydrogen-bond acceptors (Lipinski definition) is 3. The summed E-state index contributed by atoms with van der Waals surface area (Å²) < 4.78 is 38.8. The Bertz CT molecular complexity index is 440. The fourth-order valence-electron chi connectivity index (χ4n) is 1.19. The fourth-order valence-corrected chi connectivity index (χ4v) is 2.30. The predicted molar refractivity (Wildman–Crippen MR) is 67.4 cm³/mol. The Morgan fingerprint density at radius 1 is 1.24 bits per heavy atom. The smallest absolute Gasteiger partial charge is 0.243 e. The van der Waals surface area contributed by atoms with Gasteiger partial charge in [-0.15, -0.1) is 12.4 Å². The lowest BCUT2D eigenvalue weighted by Gasteiger charge is -2.07. The van der Waals surface area contributed by atoms with Crippen LogP contribution in [0.15, 0.2) is 29.2 Å². The van der Waals surface area contributed by atoms with Gasteiger partial charge in [-0.05, 0) is 18.7 Å². The van der Waals surface area contributed by atoms with Crippen molar-refractivity contribution in [1.29, 1.82) is 0 Å². The summed E-state index contributed by atoms with van der Waals surface area (Å²) in [4.78, 5) is -0.313. The highest BCUT2D eigenvalue weighted by Gasteiger charge is 2.17. The summed E-state index contributed by atoms with van der Waals surface area (Å²) in [7, 11) is -3.74. The van der Waals surface area contributed by atoms with Crippen molar-refractivity contribution in [3.8, 4) is 0 Å². The Morgan fingerprint density at radius 3 is 2.47 bits per heavy atom. The molecular formula is C10H16ClFN2O2S. The normalized spacial score (nSPS) is 10.9. The average Bonchev–Trinajstić information content (AvgIpc) is 2.25. The average molecular weight is 283 g/mol. The zero-order valence-electron chi connectivity index (χ0n) is 9.44. The summed E-state index contributed by atoms with van der Waals surface area (Å²) in [6, 6.07) is 5.30. The van der Waals surface area contributed by atoms with Gasteiger partial charge in [0.1, 0.15) is 10.7 Å². The van der Waals surface area contributed by atoms with Crippen molar-refractivity contribution in [1.82, 2.24) is 10.0 Å². The molecule has 0 atom stereocenters. The Labute approximate surface area is 107 Å². The minimum absolute atomic E-state index is 0. The molecule has 2 N–H and O–H groups in total. The van der Waals surface area contributed by atoms with Crippen LogP contribution in [0, 0.1) is 5.82 Å². The lowest BCUT2D eigenvalue weighted by atomic mass is 10.4. The minimum atomic E-state index is -3.74. The van der Waals surface area contributed by atoms with Crippen LogP contribution in [0.4, 0.5) is 4.39 Å². The van der Waals surface area contributed by atoms with Gasteiger partial charge in [-0.1, -0.05) is 19.1 Å². The maximum Gasteiger partial charge on any atom is 0.243 e. The Balaban J connectivity index is 0.00000256. The molecule has 1 rings (SSSR count). The van der Waals surface area contributed by atoms with Gasteiger partial charge in [-0.3, -0.25) is 0 Å². The standard InChI is InChI=1S/C10H15FN2O2S.ClH/c1-2-12-7-8-13-16(14,15)10-6-4-3-5-9(10)11;/h3-6,12-13H,2,7-8H2,1H3;1H. The molecule has 0 spiro atoms. The quantitative estimate of drug-likeness (QED) is 0.769. The molecule has 0 amide bonds. The molecule has 0 aliphatic heterocycles. The fraction of sp³-hybridized carbons (Fsp3) is 0.400. The molecular weight excluding hydrogens is 267 g/mol. The molecule has 7 heteroatoms. The summed E-state index contributed by atoms with van der Waals surface area (Å²) in [5, 5.41) is 2.97. The van der Waals surface area contributed by atoms with E-state index < -0.39 is 15.8 Å². The minimum Gasteiger partial charge on any atom is -0.316 e. The SMILES string of the molecule is CCNCCNS(=O)(=O)c1ccccc1F.Cl. The van der Waals surface area contributed by atoms with E-state index in [2.05, 4.69) is 10.0 Å². The van der Waals surface area contributed by atoms with Gasteiger partial charge in [0, 0.05) is 13.1 Å². The van der Waals surface area contributed by atoms with Crippen molar-refractivity contribution in [3.63, 3.8) is 0 Å². The third-order valence-electron chi connectivity index (χ3n) is 1.97. The first-order chi connectivity index (χ1) is 7.58. The maximum absolute atomic E-state index is 13.2. The zero-order chi connectivity index (χ0) is 12.0.